The van der Waals surface area contributed by atoms with Gasteiger partial charge < -0.3 is 5.11 Å². The second-order valence-corrected chi connectivity index (χ2v) is 8.91. The molecule has 0 amide bonds. The van der Waals surface area contributed by atoms with Crippen molar-refractivity contribution in [3.05, 3.63) is 0 Å². The first-order chi connectivity index (χ1) is 9.84. The molecule has 1 heterocycles. The number of hydrogen-bond donors (Lipinski definition) is 1. The van der Waals surface area contributed by atoms with E-state index in [9.17, 15) is 18.3 Å². The molecule has 0 radical (unpaired) electrons. The molecule has 1 saturated heterocycles. The molecule has 2 aliphatic rings. The maximum Gasteiger partial charge on any atom is 0.308 e. The summed E-state index contributed by atoms with van der Waals surface area (Å²) in [6, 6.07) is -0.0747. The van der Waals surface area contributed by atoms with Crippen molar-refractivity contribution in [2.75, 3.05) is 18.1 Å². The Morgan fingerprint density at radius 1 is 1.33 bits per heavy atom. The lowest BCUT2D eigenvalue weighted by molar-refractivity contribution is -0.146. The van der Waals surface area contributed by atoms with Crippen molar-refractivity contribution in [3.8, 4) is 0 Å². The lowest BCUT2D eigenvalue weighted by Gasteiger charge is -2.45. The summed E-state index contributed by atoms with van der Waals surface area (Å²) in [6.45, 7) is 4.56. The molecule has 6 heteroatoms. The first kappa shape index (κ1) is 16.7. The Labute approximate surface area is 127 Å². The molecule has 1 aliphatic heterocycles. The average molecular weight is 317 g/mol. The molecule has 21 heavy (non-hydrogen) atoms. The van der Waals surface area contributed by atoms with Gasteiger partial charge in [-0.3, -0.25) is 9.69 Å². The summed E-state index contributed by atoms with van der Waals surface area (Å²) in [4.78, 5) is 13.7. The maximum atomic E-state index is 11.7. The number of aliphatic carboxylic acids is 1. The molecular weight excluding hydrogens is 290 g/mol. The Kier molecular flexibility index (Phi) is 5.30. The Balaban J connectivity index is 2.13. The van der Waals surface area contributed by atoms with Crippen LogP contribution in [0.5, 0.6) is 0 Å². The van der Waals surface area contributed by atoms with E-state index < -0.39 is 15.8 Å². The van der Waals surface area contributed by atoms with Gasteiger partial charge in [0.1, 0.15) is 0 Å². The fourth-order valence-electron chi connectivity index (χ4n) is 4.06. The average Bonchev–Trinajstić information content (AvgIpc) is 2.37. The molecule has 0 bridgehead atoms. The first-order valence-electron chi connectivity index (χ1n) is 8.03. The number of carboxylic acid groups (broad SMARTS) is 1. The van der Waals surface area contributed by atoms with Gasteiger partial charge in [-0.1, -0.05) is 19.8 Å². The van der Waals surface area contributed by atoms with Crippen LogP contribution in [-0.4, -0.2) is 54.5 Å². The van der Waals surface area contributed by atoms with Crippen molar-refractivity contribution in [2.45, 2.75) is 58.0 Å². The lowest BCUT2D eigenvalue weighted by atomic mass is 9.75. The van der Waals surface area contributed by atoms with E-state index in [-0.39, 0.29) is 29.5 Å². The van der Waals surface area contributed by atoms with Crippen LogP contribution in [-0.2, 0) is 14.6 Å². The van der Waals surface area contributed by atoms with Crippen LogP contribution in [0.4, 0.5) is 0 Å². The predicted octanol–water partition coefficient (Wildman–Crippen LogP) is 1.77. The van der Waals surface area contributed by atoms with Crippen molar-refractivity contribution < 1.29 is 18.3 Å². The largest absolute Gasteiger partial charge is 0.481 e. The van der Waals surface area contributed by atoms with E-state index in [2.05, 4.69) is 11.8 Å². The smallest absolute Gasteiger partial charge is 0.308 e. The van der Waals surface area contributed by atoms with Crippen LogP contribution >= 0.6 is 0 Å². The van der Waals surface area contributed by atoms with E-state index in [4.69, 9.17) is 0 Å². The zero-order chi connectivity index (χ0) is 15.6. The molecule has 122 valence electrons. The Morgan fingerprint density at radius 3 is 2.62 bits per heavy atom. The third kappa shape index (κ3) is 3.97. The van der Waals surface area contributed by atoms with Crippen LogP contribution in [0.15, 0.2) is 0 Å². The lowest BCUT2D eigenvalue weighted by Crippen LogP contribution is -2.56. The highest BCUT2D eigenvalue weighted by Crippen LogP contribution is 2.36. The minimum Gasteiger partial charge on any atom is -0.481 e. The molecule has 4 atom stereocenters. The quantitative estimate of drug-likeness (QED) is 0.855. The number of carboxylic acids is 1. The van der Waals surface area contributed by atoms with Gasteiger partial charge in [-0.2, -0.15) is 0 Å². The van der Waals surface area contributed by atoms with Gasteiger partial charge in [-0.15, -0.1) is 0 Å². The van der Waals surface area contributed by atoms with E-state index in [1.54, 1.807) is 0 Å². The molecule has 2 fully saturated rings. The zero-order valence-electron chi connectivity index (χ0n) is 13.0. The first-order valence-corrected chi connectivity index (χ1v) is 9.85. The molecule has 2 rings (SSSR count). The van der Waals surface area contributed by atoms with E-state index in [0.29, 0.717) is 12.5 Å². The summed E-state index contributed by atoms with van der Waals surface area (Å²) in [5.41, 5.74) is 0. The summed E-state index contributed by atoms with van der Waals surface area (Å²) in [5, 5.41) is 9.50. The highest BCUT2D eigenvalue weighted by Gasteiger charge is 2.42. The standard InChI is InChI=1S/C15H27NO4S/c1-3-4-12-5-6-13(15(17)18)14(9-12)16-7-8-21(19,20)10-11(16)2/h11-14H,3-10H2,1-2H3,(H,17,18). The fraction of sp³-hybridized carbons (Fsp3) is 0.933. The molecule has 1 aliphatic carbocycles. The van der Waals surface area contributed by atoms with Crippen LogP contribution in [0.1, 0.15) is 46.0 Å². The van der Waals surface area contributed by atoms with Crippen LogP contribution in [0, 0.1) is 11.8 Å². The predicted molar refractivity (Wildman–Crippen MR) is 82.0 cm³/mol. The third-order valence-corrected chi connectivity index (χ3v) is 6.88. The van der Waals surface area contributed by atoms with Crippen LogP contribution in [0.2, 0.25) is 0 Å². The Hall–Kier alpha value is -0.620. The normalized spacial score (nSPS) is 37.2. The van der Waals surface area contributed by atoms with E-state index in [0.717, 1.165) is 32.1 Å². The summed E-state index contributed by atoms with van der Waals surface area (Å²) < 4.78 is 23.5. The Bertz CT molecular complexity index is 476. The van der Waals surface area contributed by atoms with Crippen molar-refractivity contribution in [1.29, 1.82) is 0 Å². The van der Waals surface area contributed by atoms with Crippen LogP contribution in [0.25, 0.3) is 0 Å². The third-order valence-electron chi connectivity index (χ3n) is 5.09. The van der Waals surface area contributed by atoms with E-state index in [1.165, 1.54) is 0 Å². The second kappa shape index (κ2) is 6.65. The van der Waals surface area contributed by atoms with Gasteiger partial charge in [0.25, 0.3) is 0 Å². The fourth-order valence-corrected chi connectivity index (χ4v) is 5.64. The van der Waals surface area contributed by atoms with Gasteiger partial charge in [-0.25, -0.2) is 8.42 Å². The molecule has 0 aromatic carbocycles. The number of carbonyl (C=O) groups is 1. The van der Waals surface area contributed by atoms with E-state index in [1.807, 2.05) is 6.92 Å². The summed E-state index contributed by atoms with van der Waals surface area (Å²) in [5.74, 6) is -0.161. The molecular formula is C15H27NO4S. The molecule has 1 N–H and O–H groups in total. The SMILES string of the molecule is CCCC1CCC(C(=O)O)C(N2CCS(=O)(=O)CC2C)C1. The van der Waals surface area contributed by atoms with Gasteiger partial charge in [0.15, 0.2) is 9.84 Å². The molecule has 1 saturated carbocycles. The van der Waals surface area contributed by atoms with Gasteiger partial charge in [0.05, 0.1) is 17.4 Å². The molecule has 4 unspecified atom stereocenters. The summed E-state index contributed by atoms with van der Waals surface area (Å²) in [7, 11) is -2.95. The van der Waals surface area contributed by atoms with E-state index >= 15 is 0 Å². The zero-order valence-corrected chi connectivity index (χ0v) is 13.8. The molecule has 0 aromatic heterocycles. The van der Waals surface area contributed by atoms with Crippen LogP contribution < -0.4 is 0 Å². The number of sulfone groups is 1. The van der Waals surface area contributed by atoms with Gasteiger partial charge in [0, 0.05) is 18.6 Å². The maximum absolute atomic E-state index is 11.7. The van der Waals surface area contributed by atoms with Crippen molar-refractivity contribution in [2.24, 2.45) is 11.8 Å². The Morgan fingerprint density at radius 2 is 2.05 bits per heavy atom. The molecule has 0 spiro atoms. The van der Waals surface area contributed by atoms with Gasteiger partial charge >= 0.3 is 5.97 Å². The van der Waals surface area contributed by atoms with Gasteiger partial charge in [-0.05, 0) is 32.1 Å². The number of rotatable bonds is 4. The highest BCUT2D eigenvalue weighted by molar-refractivity contribution is 7.91. The highest BCUT2D eigenvalue weighted by atomic mass is 32.2. The van der Waals surface area contributed by atoms with Crippen molar-refractivity contribution >= 4 is 15.8 Å². The minimum absolute atomic E-state index is 0.00157. The van der Waals surface area contributed by atoms with Gasteiger partial charge in [0.2, 0.25) is 0 Å². The topological polar surface area (TPSA) is 74.7 Å². The molecule has 0 aromatic rings. The number of hydrogen-bond acceptors (Lipinski definition) is 4. The summed E-state index contributed by atoms with van der Waals surface area (Å²) >= 11 is 0. The monoisotopic (exact) mass is 317 g/mol. The van der Waals surface area contributed by atoms with Crippen molar-refractivity contribution in [3.63, 3.8) is 0 Å². The molecule has 5 nitrogen and oxygen atoms in total. The minimum atomic E-state index is -2.95. The summed E-state index contributed by atoms with van der Waals surface area (Å²) in [6.07, 6.45) is 4.88. The second-order valence-electron chi connectivity index (χ2n) is 6.68. The van der Waals surface area contributed by atoms with Crippen molar-refractivity contribution in [1.82, 2.24) is 4.90 Å². The number of nitrogens with zero attached hydrogens (tertiary/aromatic N) is 1. The van der Waals surface area contributed by atoms with Crippen LogP contribution in [0.3, 0.4) is 0 Å².